The summed E-state index contributed by atoms with van der Waals surface area (Å²) in [6, 6.07) is 39.9. The van der Waals surface area contributed by atoms with Crippen molar-refractivity contribution in [1.82, 2.24) is 4.57 Å². The summed E-state index contributed by atoms with van der Waals surface area (Å²) in [7, 11) is 2.15. The zero-order valence-corrected chi connectivity index (χ0v) is 33.2. The van der Waals surface area contributed by atoms with Gasteiger partial charge in [-0.2, -0.15) is 0 Å². The zero-order chi connectivity index (χ0) is 38.8. The molecule has 2 aliphatic heterocycles. The van der Waals surface area contributed by atoms with Gasteiger partial charge in [0, 0.05) is 40.2 Å². The molecule has 9 rings (SSSR count). The van der Waals surface area contributed by atoms with Crippen LogP contribution in [0.25, 0.3) is 21.8 Å². The minimum Gasteiger partial charge on any atom is -0.458 e. The van der Waals surface area contributed by atoms with Gasteiger partial charge < -0.3 is 18.9 Å². The minimum atomic E-state index is -0.171. The lowest BCUT2D eigenvalue weighted by molar-refractivity contribution is 0.465. The number of aromatic nitrogens is 1. The Bertz CT molecular complexity index is 2610. The highest BCUT2D eigenvalue weighted by molar-refractivity contribution is 6.98. The Morgan fingerprint density at radius 2 is 1.15 bits per heavy atom. The first-order chi connectivity index (χ1) is 26.0. The van der Waals surface area contributed by atoms with Crippen molar-refractivity contribution in [3.63, 3.8) is 0 Å². The minimum absolute atomic E-state index is 0.0239. The summed E-state index contributed by atoms with van der Waals surface area (Å²) in [5.74, 6) is 3.01. The van der Waals surface area contributed by atoms with Gasteiger partial charge in [0.25, 0.3) is 6.71 Å². The largest absolute Gasteiger partial charge is 0.458 e. The maximum Gasteiger partial charge on any atom is 0.260 e. The number of hydrogen-bond acceptors (Lipinski definition) is 3. The van der Waals surface area contributed by atoms with E-state index in [1.807, 2.05) is 12.1 Å². The molecule has 0 amide bonds. The van der Waals surface area contributed by atoms with E-state index >= 15 is 0 Å². The second-order valence-corrected chi connectivity index (χ2v) is 18.3. The lowest BCUT2D eigenvalue weighted by Gasteiger charge is -2.35. The molecule has 0 bridgehead atoms. The molecule has 270 valence electrons. The predicted octanol–water partition coefficient (Wildman–Crippen LogP) is 11.4. The zero-order valence-electron chi connectivity index (χ0n) is 34.2. The van der Waals surface area contributed by atoms with Gasteiger partial charge in [0.1, 0.15) is 23.0 Å². The van der Waals surface area contributed by atoms with Crippen LogP contribution in [0.5, 0.6) is 23.0 Å². The Balaban J connectivity index is 1.40. The van der Waals surface area contributed by atoms with Gasteiger partial charge in [0.15, 0.2) is 0 Å². The van der Waals surface area contributed by atoms with Crippen molar-refractivity contribution in [3.8, 4) is 23.0 Å². The number of hydrogen-bond donors (Lipinski definition) is 0. The number of nitrogens with zero attached hydrogens (tertiary/aromatic N) is 2. The maximum atomic E-state index is 8.76. The van der Waals surface area contributed by atoms with Gasteiger partial charge in [-0.3, -0.25) is 0 Å². The van der Waals surface area contributed by atoms with Crippen molar-refractivity contribution >= 4 is 62.0 Å². The molecule has 7 aromatic rings. The summed E-state index contributed by atoms with van der Waals surface area (Å²) >= 11 is 0. The highest BCUT2D eigenvalue weighted by Gasteiger charge is 2.43. The average molecular weight is 710 g/mol. The first-order valence-corrected chi connectivity index (χ1v) is 19.2. The molecule has 0 unspecified atom stereocenters. The molecule has 0 fully saturated rings. The molecule has 1 aromatic heterocycles. The third-order valence-electron chi connectivity index (χ3n) is 11.5. The van der Waals surface area contributed by atoms with Crippen LogP contribution in [-0.2, 0) is 23.3 Å². The Kier molecular flexibility index (Phi) is 7.24. The molecule has 5 heteroatoms. The van der Waals surface area contributed by atoms with E-state index in [1.54, 1.807) is 0 Å². The first-order valence-electron chi connectivity index (χ1n) is 19.7. The molecular formula is C49H49BN2O2. The summed E-state index contributed by atoms with van der Waals surface area (Å²) in [4.78, 5) is 2.43. The van der Waals surface area contributed by atoms with Gasteiger partial charge >= 0.3 is 0 Å². The van der Waals surface area contributed by atoms with Gasteiger partial charge in [-0.05, 0) is 98.5 Å². The third kappa shape index (κ3) is 5.34. The Labute approximate surface area is 321 Å². The van der Waals surface area contributed by atoms with Gasteiger partial charge in [-0.1, -0.05) is 123 Å². The SMILES string of the molecule is [2H]c1cc2c3c(c1)Oc1c(cc(N(c4ccc(C(C)(C)C)cc4)c4ccc(C(C)(C)C)cc4)c4c5ccccc5n(C)c14)B3c1cc(C(C)(C)C)ccc1O2. The standard InChI is InChI=1S/C49H49BN2O2/c1-47(2,3)30-18-23-33(24-19-30)52(34-25-20-31(21-26-34)48(4,5)6)39-29-37-46(45-43(39)35-14-11-12-15-38(35)51(45)10)54-42-17-13-16-41-44(42)50(37)36-28-32(49(7,8)9)22-27-40(36)53-41/h11-29H,1-10H3/i13D. The molecule has 4 nitrogen and oxygen atoms in total. The third-order valence-corrected chi connectivity index (χ3v) is 11.5. The molecule has 2 aliphatic rings. The van der Waals surface area contributed by atoms with E-state index < -0.39 is 0 Å². The number of para-hydroxylation sites is 1. The molecule has 0 radical (unpaired) electrons. The van der Waals surface area contributed by atoms with Gasteiger partial charge in [-0.15, -0.1) is 0 Å². The lowest BCUT2D eigenvalue weighted by Crippen LogP contribution is -2.57. The fraction of sp³-hybridized carbons (Fsp3) is 0.265. The van der Waals surface area contributed by atoms with Crippen LogP contribution >= 0.6 is 0 Å². The maximum absolute atomic E-state index is 8.76. The Morgan fingerprint density at radius 1 is 0.593 bits per heavy atom. The molecule has 0 saturated carbocycles. The van der Waals surface area contributed by atoms with Crippen molar-refractivity contribution in [1.29, 1.82) is 0 Å². The van der Waals surface area contributed by atoms with Crippen LogP contribution < -0.4 is 30.8 Å². The molecule has 54 heavy (non-hydrogen) atoms. The molecule has 0 saturated heterocycles. The van der Waals surface area contributed by atoms with Gasteiger partial charge in [-0.25, -0.2) is 0 Å². The summed E-state index contributed by atoms with van der Waals surface area (Å²) in [5, 5.41) is 2.28. The molecule has 0 spiro atoms. The van der Waals surface area contributed by atoms with Crippen molar-refractivity contribution in [2.75, 3.05) is 4.90 Å². The van der Waals surface area contributed by atoms with E-state index in [9.17, 15) is 0 Å². The topological polar surface area (TPSA) is 26.6 Å². The number of benzene rings is 6. The molecular weight excluding hydrogens is 659 g/mol. The quantitative estimate of drug-likeness (QED) is 0.171. The monoisotopic (exact) mass is 709 g/mol. The Hall–Kier alpha value is -5.42. The van der Waals surface area contributed by atoms with Crippen LogP contribution in [-0.4, -0.2) is 11.3 Å². The summed E-state index contributed by atoms with van der Waals surface area (Å²) < 4.78 is 24.7. The van der Waals surface area contributed by atoms with Crippen LogP contribution in [0, 0.1) is 0 Å². The van der Waals surface area contributed by atoms with Gasteiger partial charge in [0.05, 0.1) is 12.6 Å². The highest BCUT2D eigenvalue weighted by Crippen LogP contribution is 2.48. The second-order valence-electron chi connectivity index (χ2n) is 18.3. The van der Waals surface area contributed by atoms with Crippen LogP contribution in [0.3, 0.4) is 0 Å². The van der Waals surface area contributed by atoms with Crippen LogP contribution in [0.1, 0.15) is 80.4 Å². The first kappa shape index (κ1) is 33.2. The molecule has 6 aromatic carbocycles. The van der Waals surface area contributed by atoms with Crippen LogP contribution in [0.2, 0.25) is 0 Å². The van der Waals surface area contributed by atoms with Crippen molar-refractivity contribution in [3.05, 3.63) is 132 Å². The van der Waals surface area contributed by atoms with E-state index in [0.29, 0.717) is 17.5 Å². The average Bonchev–Trinajstić information content (AvgIpc) is 3.43. The summed E-state index contributed by atoms with van der Waals surface area (Å²) in [5.41, 5.74) is 12.4. The van der Waals surface area contributed by atoms with Crippen molar-refractivity contribution < 1.29 is 10.8 Å². The highest BCUT2D eigenvalue weighted by atomic mass is 16.5. The lowest BCUT2D eigenvalue weighted by atomic mass is 9.34. The predicted molar refractivity (Wildman–Crippen MR) is 229 cm³/mol. The molecule has 0 aliphatic carbocycles. The number of rotatable bonds is 3. The Morgan fingerprint density at radius 3 is 1.74 bits per heavy atom. The van der Waals surface area contributed by atoms with E-state index in [0.717, 1.165) is 66.8 Å². The fourth-order valence-corrected chi connectivity index (χ4v) is 8.45. The van der Waals surface area contributed by atoms with Crippen molar-refractivity contribution in [2.45, 2.75) is 78.6 Å². The smallest absolute Gasteiger partial charge is 0.260 e. The molecule has 0 N–H and O–H groups in total. The van der Waals surface area contributed by atoms with Crippen LogP contribution in [0.4, 0.5) is 17.1 Å². The molecule has 0 atom stereocenters. The van der Waals surface area contributed by atoms with Crippen LogP contribution in [0.15, 0.2) is 115 Å². The number of anilines is 3. The van der Waals surface area contributed by atoms with E-state index in [2.05, 4.69) is 176 Å². The van der Waals surface area contributed by atoms with Gasteiger partial charge in [0.2, 0.25) is 0 Å². The number of fused-ring (bicyclic) bond motifs is 8. The number of aryl methyl sites for hydroxylation is 1. The second kappa shape index (κ2) is 11.8. The van der Waals surface area contributed by atoms with E-state index in [1.165, 1.54) is 16.7 Å². The van der Waals surface area contributed by atoms with E-state index in [4.69, 9.17) is 10.8 Å². The number of ether oxygens (including phenoxy) is 2. The summed E-state index contributed by atoms with van der Waals surface area (Å²) in [6.07, 6.45) is 0. The normalized spacial score (nSPS) is 13.9. The fourth-order valence-electron chi connectivity index (χ4n) is 8.45. The van der Waals surface area contributed by atoms with E-state index in [-0.39, 0.29) is 23.0 Å². The summed E-state index contributed by atoms with van der Waals surface area (Å²) in [6.45, 7) is 20.2. The molecule has 3 heterocycles. The van der Waals surface area contributed by atoms with Crippen molar-refractivity contribution in [2.24, 2.45) is 7.05 Å².